The zero-order valence-corrected chi connectivity index (χ0v) is 11.7. The van der Waals surface area contributed by atoms with Crippen LogP contribution < -0.4 is 4.24 Å². The second-order valence-corrected chi connectivity index (χ2v) is 5.15. The summed E-state index contributed by atoms with van der Waals surface area (Å²) in [6, 6.07) is 8.79. The van der Waals surface area contributed by atoms with E-state index in [9.17, 15) is 0 Å². The fourth-order valence-electron chi connectivity index (χ4n) is 2.34. The van der Waals surface area contributed by atoms with Gasteiger partial charge in [-0.05, 0) is 0 Å². The summed E-state index contributed by atoms with van der Waals surface area (Å²) in [5, 5.41) is 0. The van der Waals surface area contributed by atoms with Crippen molar-refractivity contribution in [1.29, 1.82) is 0 Å². The predicted molar refractivity (Wildman–Crippen MR) is 78.1 cm³/mol. The van der Waals surface area contributed by atoms with Gasteiger partial charge in [0, 0.05) is 0 Å². The zero-order chi connectivity index (χ0) is 12.3. The third-order valence-electron chi connectivity index (χ3n) is 3.56. The van der Waals surface area contributed by atoms with Crippen LogP contribution in [0.15, 0.2) is 24.3 Å². The maximum atomic E-state index is 2.28. The molecular weight excluding hydrogens is 199 g/mol. The van der Waals surface area contributed by atoms with Crippen LogP contribution in [0.2, 0.25) is 0 Å². The first kappa shape index (κ1) is 14.9. The standard InChI is InChI=1S/C16H25.Li/c1-2-3-4-5-6-7-8-10-13-16-14-11-9-12-15-16;/h9,11-12,14H,2-8,10,13H2,1H3;. The number of rotatable bonds is 9. The molecular formula is C16H25Li. The van der Waals surface area contributed by atoms with Gasteiger partial charge in [-0.3, -0.25) is 0 Å². The van der Waals surface area contributed by atoms with Crippen molar-refractivity contribution in [2.75, 3.05) is 0 Å². The number of aryl methyl sites for hydroxylation is 1. The summed E-state index contributed by atoms with van der Waals surface area (Å²) < 4.78 is 1.45. The van der Waals surface area contributed by atoms with Crippen molar-refractivity contribution in [2.24, 2.45) is 0 Å². The van der Waals surface area contributed by atoms with Gasteiger partial charge in [0.05, 0.1) is 0 Å². The predicted octanol–water partition coefficient (Wildman–Crippen LogP) is 4.16. The molecule has 90 valence electrons. The van der Waals surface area contributed by atoms with Crippen LogP contribution in [0.1, 0.15) is 63.9 Å². The maximum absolute atomic E-state index is 2.28. The Hall–Kier alpha value is -0.183. The van der Waals surface area contributed by atoms with Crippen molar-refractivity contribution in [3.05, 3.63) is 29.8 Å². The van der Waals surface area contributed by atoms with Crippen LogP contribution in [-0.2, 0) is 6.42 Å². The van der Waals surface area contributed by atoms with Crippen molar-refractivity contribution >= 4 is 22.0 Å². The van der Waals surface area contributed by atoms with E-state index in [1.54, 1.807) is 5.56 Å². The molecule has 0 saturated carbocycles. The van der Waals surface area contributed by atoms with Gasteiger partial charge in [-0.25, -0.2) is 0 Å². The molecule has 0 N–H and O–H groups in total. The van der Waals surface area contributed by atoms with E-state index >= 15 is 0 Å². The van der Waals surface area contributed by atoms with Crippen LogP contribution in [0.3, 0.4) is 0 Å². The third kappa shape index (κ3) is 6.97. The van der Waals surface area contributed by atoms with Gasteiger partial charge >= 0.3 is 116 Å². The van der Waals surface area contributed by atoms with Crippen LogP contribution in [0.4, 0.5) is 0 Å². The number of hydrogen-bond acceptors (Lipinski definition) is 0. The second kappa shape index (κ2) is 9.81. The summed E-state index contributed by atoms with van der Waals surface area (Å²) in [5.41, 5.74) is 1.54. The fraction of sp³-hybridized carbons (Fsp3) is 0.625. The van der Waals surface area contributed by atoms with Crippen molar-refractivity contribution in [3.8, 4) is 0 Å². The Bertz CT molecular complexity index is 293. The minimum absolute atomic E-state index is 1.27. The Balaban J connectivity index is 1.99. The molecule has 0 amide bonds. The molecule has 0 heterocycles. The van der Waals surface area contributed by atoms with Gasteiger partial charge in [-0.2, -0.15) is 0 Å². The molecule has 1 aromatic carbocycles. The minimum atomic E-state index is 1.27. The van der Waals surface area contributed by atoms with E-state index < -0.39 is 0 Å². The molecule has 0 aliphatic rings. The van der Waals surface area contributed by atoms with Crippen molar-refractivity contribution in [2.45, 2.75) is 64.7 Å². The molecule has 0 unspecified atom stereocenters. The summed E-state index contributed by atoms with van der Waals surface area (Å²) in [6.07, 6.45) is 12.5. The molecule has 0 bridgehead atoms. The topological polar surface area (TPSA) is 0 Å². The van der Waals surface area contributed by atoms with Crippen LogP contribution in [0.5, 0.6) is 0 Å². The molecule has 0 fully saturated rings. The molecule has 17 heavy (non-hydrogen) atoms. The summed E-state index contributed by atoms with van der Waals surface area (Å²) in [4.78, 5) is 0. The average Bonchev–Trinajstić information content (AvgIpc) is 2.35. The first-order valence-electron chi connectivity index (χ1n) is 7.39. The fourth-order valence-corrected chi connectivity index (χ4v) is 2.34. The van der Waals surface area contributed by atoms with E-state index in [0.29, 0.717) is 0 Å². The van der Waals surface area contributed by atoms with Crippen molar-refractivity contribution in [1.82, 2.24) is 0 Å². The van der Waals surface area contributed by atoms with Gasteiger partial charge in [0.25, 0.3) is 0 Å². The van der Waals surface area contributed by atoms with Gasteiger partial charge in [-0.15, -0.1) is 0 Å². The van der Waals surface area contributed by atoms with Crippen LogP contribution in [0.25, 0.3) is 0 Å². The molecule has 0 aliphatic carbocycles. The third-order valence-corrected chi connectivity index (χ3v) is 3.56. The molecule has 0 nitrogen and oxygen atoms in total. The quantitative estimate of drug-likeness (QED) is 0.436. The molecule has 0 atom stereocenters. The molecule has 0 spiro atoms. The Kier molecular flexibility index (Phi) is 8.58. The molecule has 1 rings (SSSR count). The summed E-state index contributed by atoms with van der Waals surface area (Å²) in [7, 11) is 0. The first-order valence-corrected chi connectivity index (χ1v) is 7.39. The molecule has 0 aromatic heterocycles. The molecule has 1 heteroatoms. The van der Waals surface area contributed by atoms with Gasteiger partial charge in [0.15, 0.2) is 0 Å². The Morgan fingerprint density at radius 1 is 0.824 bits per heavy atom. The molecule has 0 saturated heterocycles. The molecule has 1 aromatic rings. The van der Waals surface area contributed by atoms with Gasteiger partial charge < -0.3 is 0 Å². The van der Waals surface area contributed by atoms with Crippen molar-refractivity contribution < 1.29 is 0 Å². The van der Waals surface area contributed by atoms with Gasteiger partial charge in [0.2, 0.25) is 0 Å². The van der Waals surface area contributed by atoms with Crippen LogP contribution in [-0.4, -0.2) is 17.7 Å². The Morgan fingerprint density at radius 3 is 2.06 bits per heavy atom. The van der Waals surface area contributed by atoms with Gasteiger partial charge in [0.1, 0.15) is 0 Å². The monoisotopic (exact) mass is 224 g/mol. The Morgan fingerprint density at radius 2 is 1.41 bits per heavy atom. The van der Waals surface area contributed by atoms with Crippen LogP contribution >= 0.6 is 0 Å². The second-order valence-electron chi connectivity index (χ2n) is 5.15. The van der Waals surface area contributed by atoms with E-state index in [2.05, 4.69) is 48.9 Å². The van der Waals surface area contributed by atoms with Gasteiger partial charge in [-0.1, -0.05) is 0 Å². The Labute approximate surface area is 116 Å². The molecule has 0 radical (unpaired) electrons. The summed E-state index contributed by atoms with van der Waals surface area (Å²) in [6.45, 7) is 2.28. The normalized spacial score (nSPS) is 10.8. The van der Waals surface area contributed by atoms with E-state index in [4.69, 9.17) is 0 Å². The van der Waals surface area contributed by atoms with Crippen molar-refractivity contribution in [3.63, 3.8) is 0 Å². The number of unbranched alkanes of at least 4 members (excludes halogenated alkanes) is 7. The first-order chi connectivity index (χ1) is 8.34. The van der Waals surface area contributed by atoms with Crippen LogP contribution in [0, 0.1) is 0 Å². The molecule has 0 aliphatic heterocycles. The van der Waals surface area contributed by atoms with E-state index in [1.807, 2.05) is 0 Å². The average molecular weight is 224 g/mol. The zero-order valence-electron chi connectivity index (χ0n) is 11.7. The summed E-state index contributed by atoms with van der Waals surface area (Å²) in [5.74, 6) is 0. The number of hydrogen-bond donors (Lipinski definition) is 0. The van der Waals surface area contributed by atoms with E-state index in [0.717, 1.165) is 0 Å². The SMILES string of the molecule is [Li][c]1ccccc1CCCCCCCCCC. The summed E-state index contributed by atoms with van der Waals surface area (Å²) >= 11 is 2.22. The number of benzene rings is 1. The van der Waals surface area contributed by atoms with E-state index in [-0.39, 0.29) is 0 Å². The van der Waals surface area contributed by atoms with E-state index in [1.165, 1.54) is 62.0 Å².